The summed E-state index contributed by atoms with van der Waals surface area (Å²) in [5.41, 5.74) is 1.95. The molecule has 1 saturated heterocycles. The van der Waals surface area contributed by atoms with Crippen LogP contribution in [-0.2, 0) is 20.0 Å². The Balaban J connectivity index is 1.62. The van der Waals surface area contributed by atoms with Crippen molar-refractivity contribution in [1.29, 1.82) is 0 Å². The van der Waals surface area contributed by atoms with Gasteiger partial charge in [0.2, 0.25) is 0 Å². The van der Waals surface area contributed by atoms with Crippen LogP contribution in [0.4, 0.5) is 5.69 Å². The van der Waals surface area contributed by atoms with Crippen molar-refractivity contribution in [1.82, 2.24) is 19.7 Å². The number of aromatic nitrogens is 3. The average Bonchev–Trinajstić information content (AvgIpc) is 3.01. The molecule has 0 bridgehead atoms. The molecule has 1 aliphatic heterocycles. The molecule has 2 aromatic rings. The Labute approximate surface area is 147 Å². The first kappa shape index (κ1) is 16.6. The van der Waals surface area contributed by atoms with E-state index in [4.69, 9.17) is 0 Å². The number of hydrogen-bond donors (Lipinski definition) is 0. The number of aryl methyl sites for hydroxylation is 2. The molecule has 3 heterocycles. The van der Waals surface area contributed by atoms with Crippen molar-refractivity contribution in [3.05, 3.63) is 37.1 Å². The molecule has 0 atom stereocenters. The number of thiazole rings is 1. The van der Waals surface area contributed by atoms with Crippen LogP contribution in [0.2, 0.25) is 0 Å². The van der Waals surface area contributed by atoms with Crippen LogP contribution in [0, 0.1) is 0 Å². The van der Waals surface area contributed by atoms with Gasteiger partial charge in [0, 0.05) is 45.2 Å². The van der Waals surface area contributed by atoms with E-state index in [1.807, 2.05) is 0 Å². The number of hydrogen-bond acceptors (Lipinski definition) is 6. The zero-order valence-corrected chi connectivity index (χ0v) is 15.7. The van der Waals surface area contributed by atoms with Crippen LogP contribution in [0.5, 0.6) is 0 Å². The Morgan fingerprint density at radius 1 is 1.30 bits per heavy atom. The number of rotatable bonds is 4. The van der Waals surface area contributed by atoms with Crippen molar-refractivity contribution in [2.24, 2.45) is 7.05 Å². The zero-order valence-electron chi connectivity index (χ0n) is 13.3. The zero-order chi connectivity index (χ0) is 16.4. The fourth-order valence-electron chi connectivity index (χ4n) is 2.68. The normalized spacial score (nSPS) is 16.0. The van der Waals surface area contributed by atoms with Gasteiger partial charge in [0.1, 0.15) is 4.47 Å². The molecule has 3 rings (SSSR count). The van der Waals surface area contributed by atoms with Gasteiger partial charge < -0.3 is 4.90 Å². The van der Waals surface area contributed by atoms with E-state index in [2.05, 4.69) is 48.1 Å². The summed E-state index contributed by atoms with van der Waals surface area (Å²) < 4.78 is 1.94. The minimum Gasteiger partial charge on any atom is -0.367 e. The highest BCUT2D eigenvalue weighted by Gasteiger charge is 2.21. The van der Waals surface area contributed by atoms with E-state index in [1.54, 1.807) is 24.6 Å². The van der Waals surface area contributed by atoms with Gasteiger partial charge in [-0.3, -0.25) is 9.69 Å². The summed E-state index contributed by atoms with van der Waals surface area (Å²) in [4.78, 5) is 21.2. The van der Waals surface area contributed by atoms with Gasteiger partial charge >= 0.3 is 0 Å². The Bertz CT molecular complexity index is 736. The van der Waals surface area contributed by atoms with Crippen molar-refractivity contribution in [3.63, 3.8) is 0 Å². The Morgan fingerprint density at radius 3 is 2.70 bits per heavy atom. The first-order chi connectivity index (χ1) is 11.1. The molecule has 0 amide bonds. The average molecular weight is 398 g/mol. The van der Waals surface area contributed by atoms with E-state index in [0.29, 0.717) is 4.47 Å². The molecule has 0 radical (unpaired) electrons. The first-order valence-corrected chi connectivity index (χ1v) is 9.38. The number of nitrogens with zero attached hydrogens (tertiary/aromatic N) is 5. The highest BCUT2D eigenvalue weighted by atomic mass is 79.9. The minimum atomic E-state index is -0.0977. The predicted octanol–water partition coefficient (Wildman–Crippen LogP) is 1.88. The number of piperazine rings is 1. The molecule has 1 fully saturated rings. The van der Waals surface area contributed by atoms with E-state index in [1.165, 1.54) is 9.69 Å². The lowest BCUT2D eigenvalue weighted by molar-refractivity contribution is 0.247. The SMILES string of the molecule is CCc1nc(CN2CCN(c3cnn(C)c(=O)c3Br)CC2)cs1. The fourth-order valence-corrected chi connectivity index (χ4v) is 4.03. The monoisotopic (exact) mass is 397 g/mol. The molecule has 6 nitrogen and oxygen atoms in total. The molecule has 124 valence electrons. The third kappa shape index (κ3) is 3.64. The molecule has 23 heavy (non-hydrogen) atoms. The highest BCUT2D eigenvalue weighted by molar-refractivity contribution is 9.10. The van der Waals surface area contributed by atoms with Crippen LogP contribution < -0.4 is 10.5 Å². The van der Waals surface area contributed by atoms with Gasteiger partial charge in [-0.05, 0) is 22.4 Å². The van der Waals surface area contributed by atoms with Gasteiger partial charge in [0.05, 0.1) is 22.6 Å². The van der Waals surface area contributed by atoms with Crippen molar-refractivity contribution in [2.45, 2.75) is 19.9 Å². The van der Waals surface area contributed by atoms with Crippen LogP contribution in [0.3, 0.4) is 0 Å². The molecule has 0 aromatic carbocycles. The first-order valence-electron chi connectivity index (χ1n) is 7.71. The summed E-state index contributed by atoms with van der Waals surface area (Å²) in [6, 6.07) is 0. The van der Waals surface area contributed by atoms with E-state index >= 15 is 0 Å². The number of halogens is 1. The lowest BCUT2D eigenvalue weighted by atomic mass is 10.2. The molecule has 0 aliphatic carbocycles. The van der Waals surface area contributed by atoms with Crippen LogP contribution in [0.25, 0.3) is 0 Å². The smallest absolute Gasteiger partial charge is 0.282 e. The van der Waals surface area contributed by atoms with Crippen LogP contribution in [-0.4, -0.2) is 45.8 Å². The molecule has 0 unspecified atom stereocenters. The van der Waals surface area contributed by atoms with E-state index in [0.717, 1.165) is 50.5 Å². The van der Waals surface area contributed by atoms with Crippen molar-refractivity contribution in [3.8, 4) is 0 Å². The van der Waals surface area contributed by atoms with Gasteiger partial charge in [-0.15, -0.1) is 11.3 Å². The largest absolute Gasteiger partial charge is 0.367 e. The molecule has 0 saturated carbocycles. The van der Waals surface area contributed by atoms with E-state index < -0.39 is 0 Å². The Kier molecular flexibility index (Phi) is 5.13. The number of anilines is 1. The van der Waals surface area contributed by atoms with Crippen molar-refractivity contribution < 1.29 is 0 Å². The Hall–Kier alpha value is -1.25. The van der Waals surface area contributed by atoms with Crippen LogP contribution in [0.1, 0.15) is 17.6 Å². The summed E-state index contributed by atoms with van der Waals surface area (Å²) in [6.07, 6.45) is 2.76. The molecule has 0 spiro atoms. The molecule has 0 N–H and O–H groups in total. The summed E-state index contributed by atoms with van der Waals surface area (Å²) in [5.74, 6) is 0. The van der Waals surface area contributed by atoms with Gasteiger partial charge in [0.25, 0.3) is 5.56 Å². The van der Waals surface area contributed by atoms with Crippen molar-refractivity contribution in [2.75, 3.05) is 31.1 Å². The lowest BCUT2D eigenvalue weighted by Gasteiger charge is -2.35. The van der Waals surface area contributed by atoms with Gasteiger partial charge in [-0.25, -0.2) is 9.67 Å². The van der Waals surface area contributed by atoms with Gasteiger partial charge in [-0.2, -0.15) is 5.10 Å². The topological polar surface area (TPSA) is 54.3 Å². The second-order valence-corrected chi connectivity index (χ2v) is 7.36. The lowest BCUT2D eigenvalue weighted by Crippen LogP contribution is -2.46. The molecular weight excluding hydrogens is 378 g/mol. The predicted molar refractivity (Wildman–Crippen MR) is 96.2 cm³/mol. The fraction of sp³-hybridized carbons (Fsp3) is 0.533. The molecule has 2 aromatic heterocycles. The summed E-state index contributed by atoms with van der Waals surface area (Å²) in [7, 11) is 1.66. The third-order valence-electron chi connectivity index (χ3n) is 4.06. The van der Waals surface area contributed by atoms with Crippen LogP contribution in [0.15, 0.2) is 20.8 Å². The maximum Gasteiger partial charge on any atom is 0.282 e. The third-order valence-corrected chi connectivity index (χ3v) is 5.85. The molecular formula is C15H20BrN5OS. The highest BCUT2D eigenvalue weighted by Crippen LogP contribution is 2.23. The maximum absolute atomic E-state index is 12.0. The van der Waals surface area contributed by atoms with E-state index in [9.17, 15) is 4.79 Å². The van der Waals surface area contributed by atoms with E-state index in [-0.39, 0.29) is 5.56 Å². The second-order valence-electron chi connectivity index (χ2n) is 5.62. The minimum absolute atomic E-state index is 0.0977. The summed E-state index contributed by atoms with van der Waals surface area (Å²) >= 11 is 5.15. The van der Waals surface area contributed by atoms with Gasteiger partial charge in [0.15, 0.2) is 0 Å². The summed E-state index contributed by atoms with van der Waals surface area (Å²) in [5, 5.41) is 7.49. The maximum atomic E-state index is 12.0. The van der Waals surface area contributed by atoms with Gasteiger partial charge in [-0.1, -0.05) is 6.92 Å². The summed E-state index contributed by atoms with van der Waals surface area (Å²) in [6.45, 7) is 6.73. The Morgan fingerprint density at radius 2 is 2.04 bits per heavy atom. The second kappa shape index (κ2) is 7.11. The van der Waals surface area contributed by atoms with Crippen molar-refractivity contribution >= 4 is 33.0 Å². The quantitative estimate of drug-likeness (QED) is 0.788. The molecule has 8 heteroatoms. The van der Waals surface area contributed by atoms with Crippen LogP contribution >= 0.6 is 27.3 Å². The molecule has 1 aliphatic rings. The standard InChI is InChI=1S/C15H20BrN5OS/c1-3-13-18-11(10-23-13)9-20-4-6-21(7-5-20)12-8-17-19(2)15(22)14(12)16/h8,10H,3-7,9H2,1-2H3.